The molecule has 0 heterocycles. The predicted octanol–water partition coefficient (Wildman–Crippen LogP) is 1.09. The largest absolute Gasteiger partial charge is 0.414 e. The van der Waals surface area contributed by atoms with Gasteiger partial charge >= 0.3 is 6.18 Å². The van der Waals surface area contributed by atoms with E-state index in [-0.39, 0.29) is 0 Å². The number of hydrogen-bond donors (Lipinski definition) is 2. The number of alkyl halides is 3. The van der Waals surface area contributed by atoms with E-state index in [1.165, 1.54) is 19.1 Å². The van der Waals surface area contributed by atoms with Crippen molar-refractivity contribution in [3.63, 3.8) is 0 Å². The maximum Gasteiger partial charge on any atom is 0.414 e. The molecule has 0 radical (unpaired) electrons. The van der Waals surface area contributed by atoms with Crippen LogP contribution in [-0.4, -0.2) is 17.8 Å². The highest BCUT2D eigenvalue weighted by Crippen LogP contribution is 2.35. The normalized spacial score (nSPS) is 34.6. The van der Waals surface area contributed by atoms with Crippen LogP contribution < -0.4 is 11.5 Å². The molecule has 0 amide bonds. The van der Waals surface area contributed by atoms with E-state index < -0.39 is 23.3 Å². The fraction of sp³-hybridized carbons (Fsp3) is 0.500. The predicted molar refractivity (Wildman–Crippen MR) is 43.8 cm³/mol. The van der Waals surface area contributed by atoms with Crippen molar-refractivity contribution in [1.82, 2.24) is 0 Å². The van der Waals surface area contributed by atoms with Crippen molar-refractivity contribution in [2.24, 2.45) is 11.5 Å². The Kier molecular flexibility index (Phi) is 2.25. The molecule has 2 unspecified atom stereocenters. The highest BCUT2D eigenvalue weighted by molar-refractivity contribution is 5.36. The topological polar surface area (TPSA) is 52.0 Å². The van der Waals surface area contributed by atoms with Crippen LogP contribution in [0.15, 0.2) is 23.8 Å². The van der Waals surface area contributed by atoms with Crippen molar-refractivity contribution in [3.8, 4) is 0 Å². The van der Waals surface area contributed by atoms with Crippen LogP contribution in [-0.2, 0) is 0 Å². The highest BCUT2D eigenvalue weighted by Gasteiger charge is 2.46. The Labute approximate surface area is 74.1 Å². The molecule has 1 aliphatic rings. The first-order chi connectivity index (χ1) is 5.76. The third-order valence-electron chi connectivity index (χ3n) is 2.16. The molecule has 0 aliphatic heterocycles. The molecule has 2 nitrogen and oxygen atoms in total. The molecule has 0 aromatic rings. The molecule has 0 spiro atoms. The third kappa shape index (κ3) is 1.76. The Morgan fingerprint density at radius 2 is 2.00 bits per heavy atom. The van der Waals surface area contributed by atoms with Gasteiger partial charge in [0.25, 0.3) is 0 Å². The molecule has 1 rings (SSSR count). The molecule has 1 aliphatic carbocycles. The van der Waals surface area contributed by atoms with Crippen LogP contribution in [0.3, 0.4) is 0 Å². The van der Waals surface area contributed by atoms with E-state index in [0.717, 1.165) is 6.08 Å². The van der Waals surface area contributed by atoms with Gasteiger partial charge in [0, 0.05) is 6.04 Å². The van der Waals surface area contributed by atoms with Crippen LogP contribution >= 0.6 is 0 Å². The molecule has 0 aromatic heterocycles. The number of halogens is 3. The van der Waals surface area contributed by atoms with E-state index in [4.69, 9.17) is 11.5 Å². The van der Waals surface area contributed by atoms with Crippen molar-refractivity contribution < 1.29 is 13.2 Å². The van der Waals surface area contributed by atoms with Crippen LogP contribution in [0.25, 0.3) is 0 Å². The van der Waals surface area contributed by atoms with Gasteiger partial charge in [0.1, 0.15) is 0 Å². The third-order valence-corrected chi connectivity index (χ3v) is 2.16. The summed E-state index contributed by atoms with van der Waals surface area (Å²) in [7, 11) is 0. The first-order valence-electron chi connectivity index (χ1n) is 3.77. The van der Waals surface area contributed by atoms with Gasteiger partial charge in [-0.3, -0.25) is 0 Å². The van der Waals surface area contributed by atoms with E-state index >= 15 is 0 Å². The fourth-order valence-corrected chi connectivity index (χ4v) is 1.23. The number of hydrogen-bond acceptors (Lipinski definition) is 2. The Hall–Kier alpha value is -0.810. The molecule has 13 heavy (non-hydrogen) atoms. The SMILES string of the molecule is CC1(N)C(C(F)(F)F)=CC=CC1N. The minimum Gasteiger partial charge on any atom is -0.323 e. The van der Waals surface area contributed by atoms with E-state index in [2.05, 4.69) is 0 Å². The van der Waals surface area contributed by atoms with Gasteiger partial charge < -0.3 is 11.5 Å². The maximum atomic E-state index is 12.4. The Balaban J connectivity index is 3.09. The van der Waals surface area contributed by atoms with E-state index in [1.807, 2.05) is 0 Å². The molecule has 0 saturated heterocycles. The van der Waals surface area contributed by atoms with Gasteiger partial charge in [-0.15, -0.1) is 0 Å². The zero-order valence-corrected chi connectivity index (χ0v) is 7.10. The van der Waals surface area contributed by atoms with Crippen molar-refractivity contribution in [2.75, 3.05) is 0 Å². The average Bonchev–Trinajstić information content (AvgIpc) is 1.92. The van der Waals surface area contributed by atoms with Crippen LogP contribution in [0.5, 0.6) is 0 Å². The molecule has 0 aromatic carbocycles. The second-order valence-electron chi connectivity index (χ2n) is 3.27. The summed E-state index contributed by atoms with van der Waals surface area (Å²) in [6, 6.07) is -0.797. The summed E-state index contributed by atoms with van der Waals surface area (Å²) in [5.74, 6) is 0. The summed E-state index contributed by atoms with van der Waals surface area (Å²) in [5.41, 5.74) is 8.62. The molecule has 4 N–H and O–H groups in total. The van der Waals surface area contributed by atoms with Gasteiger partial charge in [-0.05, 0) is 6.92 Å². The number of rotatable bonds is 0. The van der Waals surface area contributed by atoms with Gasteiger partial charge in [-0.2, -0.15) is 13.2 Å². The second-order valence-corrected chi connectivity index (χ2v) is 3.27. The first-order valence-corrected chi connectivity index (χ1v) is 3.77. The molecule has 0 bridgehead atoms. The van der Waals surface area contributed by atoms with Crippen LogP contribution in [0.4, 0.5) is 13.2 Å². The summed E-state index contributed by atoms with van der Waals surface area (Å²) in [6.07, 6.45) is -0.716. The summed E-state index contributed by atoms with van der Waals surface area (Å²) >= 11 is 0. The zero-order valence-electron chi connectivity index (χ0n) is 7.10. The summed E-state index contributed by atoms with van der Waals surface area (Å²) in [4.78, 5) is 0. The molecule has 74 valence electrons. The Morgan fingerprint density at radius 1 is 1.46 bits per heavy atom. The molecule has 0 saturated carbocycles. The van der Waals surface area contributed by atoms with Gasteiger partial charge in [0.15, 0.2) is 0 Å². The second kappa shape index (κ2) is 2.85. The highest BCUT2D eigenvalue weighted by atomic mass is 19.4. The van der Waals surface area contributed by atoms with E-state index in [1.54, 1.807) is 0 Å². The lowest BCUT2D eigenvalue weighted by Crippen LogP contribution is -2.57. The van der Waals surface area contributed by atoms with Gasteiger partial charge in [0.2, 0.25) is 0 Å². The zero-order chi connectivity index (χ0) is 10.3. The average molecular weight is 192 g/mol. The summed E-state index contributed by atoms with van der Waals surface area (Å²) in [6.45, 7) is 1.28. The lowest BCUT2D eigenvalue weighted by atomic mass is 9.82. The molecule has 0 fully saturated rings. The monoisotopic (exact) mass is 192 g/mol. The summed E-state index contributed by atoms with van der Waals surface area (Å²) in [5, 5.41) is 0. The lowest BCUT2D eigenvalue weighted by Gasteiger charge is -2.35. The minimum absolute atomic E-state index is 0.782. The van der Waals surface area contributed by atoms with Gasteiger partial charge in [-0.25, -0.2) is 0 Å². The van der Waals surface area contributed by atoms with E-state index in [9.17, 15) is 13.2 Å². The van der Waals surface area contributed by atoms with Crippen LogP contribution in [0.1, 0.15) is 6.92 Å². The smallest absolute Gasteiger partial charge is 0.323 e. The van der Waals surface area contributed by atoms with Crippen LogP contribution in [0, 0.1) is 0 Å². The quantitative estimate of drug-likeness (QED) is 0.603. The summed E-state index contributed by atoms with van der Waals surface area (Å²) < 4.78 is 37.1. The Bertz CT molecular complexity index is 263. The lowest BCUT2D eigenvalue weighted by molar-refractivity contribution is -0.101. The molecular formula is C8H11F3N2. The van der Waals surface area contributed by atoms with Gasteiger partial charge in [0.05, 0.1) is 11.1 Å². The van der Waals surface area contributed by atoms with Crippen molar-refractivity contribution >= 4 is 0 Å². The van der Waals surface area contributed by atoms with Crippen LogP contribution in [0.2, 0.25) is 0 Å². The Morgan fingerprint density at radius 3 is 2.38 bits per heavy atom. The maximum absolute atomic E-state index is 12.4. The molecular weight excluding hydrogens is 181 g/mol. The first kappa shape index (κ1) is 10.3. The molecule has 2 atom stereocenters. The van der Waals surface area contributed by atoms with Crippen molar-refractivity contribution in [1.29, 1.82) is 0 Å². The van der Waals surface area contributed by atoms with E-state index in [0.29, 0.717) is 0 Å². The molecule has 5 heteroatoms. The van der Waals surface area contributed by atoms with Crippen molar-refractivity contribution in [2.45, 2.75) is 24.7 Å². The number of allylic oxidation sites excluding steroid dienone is 2. The minimum atomic E-state index is -4.41. The standard InChI is InChI=1S/C8H11F3N2/c1-7(13)5(8(9,10)11)3-2-4-6(7)12/h2-4,6H,12-13H2,1H3. The fourth-order valence-electron chi connectivity index (χ4n) is 1.23. The number of nitrogens with two attached hydrogens (primary N) is 2. The van der Waals surface area contributed by atoms with Gasteiger partial charge in [-0.1, -0.05) is 18.2 Å². The van der Waals surface area contributed by atoms with Crippen molar-refractivity contribution in [3.05, 3.63) is 23.8 Å².